The molecule has 28 heavy (non-hydrogen) atoms. The second kappa shape index (κ2) is 12.4. The van der Waals surface area contributed by atoms with E-state index in [1.54, 1.807) is 20.8 Å². The van der Waals surface area contributed by atoms with E-state index >= 15 is 0 Å². The lowest BCUT2D eigenvalue weighted by Crippen LogP contribution is -2.46. The van der Waals surface area contributed by atoms with Gasteiger partial charge in [-0.05, 0) is 47.0 Å². The van der Waals surface area contributed by atoms with Gasteiger partial charge in [-0.3, -0.25) is 20.2 Å². The maximum atomic E-state index is 12.1. The molecule has 0 aromatic carbocycles. The summed E-state index contributed by atoms with van der Waals surface area (Å²) in [6.45, 7) is 6.75. The van der Waals surface area contributed by atoms with Crippen molar-refractivity contribution in [3.8, 4) is 0 Å². The van der Waals surface area contributed by atoms with Crippen LogP contribution in [0.25, 0.3) is 0 Å². The third-order valence-corrected chi connectivity index (χ3v) is 4.09. The fourth-order valence-electron chi connectivity index (χ4n) is 2.77. The van der Waals surface area contributed by atoms with Crippen LogP contribution in [0.2, 0.25) is 0 Å². The highest BCUT2D eigenvalue weighted by atomic mass is 16.6. The molecule has 0 aromatic rings. The van der Waals surface area contributed by atoms with Crippen LogP contribution >= 0.6 is 0 Å². The van der Waals surface area contributed by atoms with Gasteiger partial charge in [0.25, 0.3) is 0 Å². The number of cyclic esters (lactones) is 1. The number of guanidine groups is 1. The van der Waals surface area contributed by atoms with Crippen LogP contribution < -0.4 is 10.6 Å². The van der Waals surface area contributed by atoms with Crippen molar-refractivity contribution in [2.24, 2.45) is 4.99 Å². The topological polar surface area (TPSA) is 106 Å². The van der Waals surface area contributed by atoms with Gasteiger partial charge in [-0.25, -0.2) is 9.79 Å². The van der Waals surface area contributed by atoms with E-state index in [0.29, 0.717) is 6.42 Å². The first-order valence-corrected chi connectivity index (χ1v) is 10.2. The van der Waals surface area contributed by atoms with Crippen molar-refractivity contribution in [3.63, 3.8) is 0 Å². The second-order valence-corrected chi connectivity index (χ2v) is 8.15. The molecule has 2 amide bonds. The smallest absolute Gasteiger partial charge is 0.414 e. The Hall–Kier alpha value is -2.12. The van der Waals surface area contributed by atoms with Crippen LogP contribution in [0.4, 0.5) is 4.79 Å². The second-order valence-electron chi connectivity index (χ2n) is 8.15. The van der Waals surface area contributed by atoms with Gasteiger partial charge in [-0.15, -0.1) is 0 Å². The quantitative estimate of drug-likeness (QED) is 0.609. The summed E-state index contributed by atoms with van der Waals surface area (Å²) in [5, 5.41) is 4.95. The zero-order valence-electron chi connectivity index (χ0n) is 17.6. The Kier molecular flexibility index (Phi) is 10.6. The molecule has 1 aliphatic heterocycles. The van der Waals surface area contributed by atoms with Gasteiger partial charge in [0, 0.05) is 6.42 Å². The normalized spacial score (nSPS) is 21.6. The number of aliphatic imine (C=N–C) groups is 1. The predicted molar refractivity (Wildman–Crippen MR) is 107 cm³/mol. The number of esters is 1. The number of ether oxygens (including phenoxy) is 2. The predicted octanol–water partition coefficient (Wildman–Crippen LogP) is 3.44. The largest absolute Gasteiger partial charge is 0.461 e. The third kappa shape index (κ3) is 12.3. The fraction of sp³-hybridized carbons (Fsp3) is 0.800. The fourth-order valence-corrected chi connectivity index (χ4v) is 2.77. The standard InChI is InChI=1S/C20H35N3O5/c1-15-12-10-8-6-5-7-9-11-13-16(24)22-18(21-14-17(25)27-15)23-19(26)28-20(2,3)4/h15H,5-14H2,1-4H3,(H2,21,22,23,24,26). The summed E-state index contributed by atoms with van der Waals surface area (Å²) in [4.78, 5) is 40.1. The van der Waals surface area contributed by atoms with Gasteiger partial charge in [0.15, 0.2) is 0 Å². The average molecular weight is 398 g/mol. The van der Waals surface area contributed by atoms with E-state index in [1.807, 2.05) is 6.92 Å². The Balaban J connectivity index is 2.76. The van der Waals surface area contributed by atoms with Crippen molar-refractivity contribution < 1.29 is 23.9 Å². The summed E-state index contributed by atoms with van der Waals surface area (Å²) < 4.78 is 10.5. The molecule has 1 heterocycles. The summed E-state index contributed by atoms with van der Waals surface area (Å²) in [6.07, 6.45) is 7.48. The van der Waals surface area contributed by atoms with Crippen LogP contribution in [0.1, 0.15) is 85.5 Å². The van der Waals surface area contributed by atoms with Gasteiger partial charge < -0.3 is 9.47 Å². The van der Waals surface area contributed by atoms with Gasteiger partial charge in [-0.2, -0.15) is 0 Å². The van der Waals surface area contributed by atoms with E-state index in [9.17, 15) is 14.4 Å². The number of nitrogens with zero attached hydrogens (tertiary/aromatic N) is 1. The number of hydrogen-bond acceptors (Lipinski definition) is 6. The molecule has 1 atom stereocenters. The monoisotopic (exact) mass is 397 g/mol. The number of carbonyl (C=O) groups excluding carboxylic acids is 3. The molecule has 1 aliphatic rings. The first-order valence-electron chi connectivity index (χ1n) is 10.2. The summed E-state index contributed by atoms with van der Waals surface area (Å²) in [7, 11) is 0. The Morgan fingerprint density at radius 2 is 1.71 bits per heavy atom. The number of hydrogen-bond donors (Lipinski definition) is 2. The molecule has 0 fully saturated rings. The van der Waals surface area contributed by atoms with Gasteiger partial charge in [0.2, 0.25) is 11.9 Å². The van der Waals surface area contributed by atoms with E-state index < -0.39 is 17.7 Å². The van der Waals surface area contributed by atoms with Crippen molar-refractivity contribution in [2.75, 3.05) is 6.54 Å². The lowest BCUT2D eigenvalue weighted by Gasteiger charge is -2.20. The van der Waals surface area contributed by atoms with E-state index in [4.69, 9.17) is 9.47 Å². The minimum atomic E-state index is -0.751. The SMILES string of the molecule is CC1CCCCCCCCCC(=O)NC(NC(=O)OC(C)(C)C)=NCC(=O)O1. The summed E-state index contributed by atoms with van der Waals surface area (Å²) in [6, 6.07) is 0. The van der Waals surface area contributed by atoms with E-state index in [1.165, 1.54) is 0 Å². The number of alkyl carbamates (subject to hydrolysis) is 1. The highest BCUT2D eigenvalue weighted by Gasteiger charge is 2.19. The van der Waals surface area contributed by atoms with E-state index in [0.717, 1.165) is 51.4 Å². The summed E-state index contributed by atoms with van der Waals surface area (Å²) in [5.74, 6) is -0.872. The van der Waals surface area contributed by atoms with Crippen molar-refractivity contribution >= 4 is 23.9 Å². The molecule has 0 aliphatic carbocycles. The van der Waals surface area contributed by atoms with Gasteiger partial charge in [-0.1, -0.05) is 32.1 Å². The zero-order chi connectivity index (χ0) is 21.0. The molecule has 0 radical (unpaired) electrons. The average Bonchev–Trinajstić information content (AvgIpc) is 2.55. The van der Waals surface area contributed by atoms with Crippen LogP contribution in [0.5, 0.6) is 0 Å². The van der Waals surface area contributed by atoms with Crippen LogP contribution in [0.3, 0.4) is 0 Å². The lowest BCUT2D eigenvalue weighted by molar-refractivity contribution is -0.146. The van der Waals surface area contributed by atoms with Crippen LogP contribution in [0, 0.1) is 0 Å². The molecular formula is C20H35N3O5. The molecule has 1 rings (SSSR count). The van der Waals surface area contributed by atoms with Gasteiger partial charge in [0.05, 0.1) is 6.10 Å². The van der Waals surface area contributed by atoms with Crippen LogP contribution in [0.15, 0.2) is 4.99 Å². The Bertz CT molecular complexity index is 555. The molecule has 0 aromatic heterocycles. The minimum Gasteiger partial charge on any atom is -0.461 e. The van der Waals surface area contributed by atoms with Gasteiger partial charge >= 0.3 is 12.1 Å². The Morgan fingerprint density at radius 1 is 1.11 bits per heavy atom. The third-order valence-electron chi connectivity index (χ3n) is 4.09. The van der Waals surface area contributed by atoms with Crippen molar-refractivity contribution in [1.82, 2.24) is 10.6 Å². The van der Waals surface area contributed by atoms with E-state index in [-0.39, 0.29) is 24.5 Å². The summed E-state index contributed by atoms with van der Waals surface area (Å²) >= 11 is 0. The van der Waals surface area contributed by atoms with Crippen molar-refractivity contribution in [2.45, 2.75) is 97.2 Å². The number of carbonyl (C=O) groups is 3. The number of nitrogens with one attached hydrogen (secondary N) is 2. The molecule has 8 nitrogen and oxygen atoms in total. The maximum absolute atomic E-state index is 12.1. The Labute approximate surface area is 167 Å². The Morgan fingerprint density at radius 3 is 2.36 bits per heavy atom. The molecule has 160 valence electrons. The highest BCUT2D eigenvalue weighted by Crippen LogP contribution is 2.12. The summed E-state index contributed by atoms with van der Waals surface area (Å²) in [5.41, 5.74) is -0.695. The molecule has 8 heteroatoms. The maximum Gasteiger partial charge on any atom is 0.414 e. The minimum absolute atomic E-state index is 0.104. The first-order chi connectivity index (χ1) is 13.2. The molecule has 1 unspecified atom stereocenters. The molecule has 0 bridgehead atoms. The number of rotatable bonds is 0. The highest BCUT2D eigenvalue weighted by molar-refractivity contribution is 6.03. The lowest BCUT2D eigenvalue weighted by atomic mass is 10.1. The molecule has 0 spiro atoms. The number of amides is 2. The van der Waals surface area contributed by atoms with Crippen molar-refractivity contribution in [3.05, 3.63) is 0 Å². The molecule has 2 N–H and O–H groups in total. The molecule has 0 saturated carbocycles. The van der Waals surface area contributed by atoms with Crippen LogP contribution in [-0.4, -0.2) is 42.2 Å². The molecular weight excluding hydrogens is 362 g/mol. The van der Waals surface area contributed by atoms with Gasteiger partial charge in [0.1, 0.15) is 12.1 Å². The van der Waals surface area contributed by atoms with Crippen molar-refractivity contribution in [1.29, 1.82) is 0 Å². The van der Waals surface area contributed by atoms with Crippen LogP contribution in [-0.2, 0) is 19.1 Å². The molecule has 0 saturated heterocycles. The van der Waals surface area contributed by atoms with E-state index in [2.05, 4.69) is 15.6 Å². The zero-order valence-corrected chi connectivity index (χ0v) is 17.6. The first kappa shape index (κ1) is 23.9.